The van der Waals surface area contributed by atoms with Gasteiger partial charge in [-0.2, -0.15) is 13.2 Å². The quantitative estimate of drug-likeness (QED) is 0.841. The minimum absolute atomic E-state index is 0.0101. The Hall–Kier alpha value is -1.30. The minimum Gasteiger partial charge on any atom is -0.369 e. The summed E-state index contributed by atoms with van der Waals surface area (Å²) >= 11 is 0. The first-order valence-electron chi connectivity index (χ1n) is 5.46. The van der Waals surface area contributed by atoms with Crippen LogP contribution in [0.5, 0.6) is 0 Å². The third-order valence-electron chi connectivity index (χ3n) is 2.30. The van der Waals surface area contributed by atoms with Gasteiger partial charge in [-0.05, 0) is 18.6 Å². The van der Waals surface area contributed by atoms with Crippen molar-refractivity contribution in [2.75, 3.05) is 11.9 Å². The van der Waals surface area contributed by atoms with Crippen LogP contribution >= 0.6 is 0 Å². The predicted octanol–water partition coefficient (Wildman–Crippen LogP) is 2.64. The van der Waals surface area contributed by atoms with Crippen LogP contribution in [0.25, 0.3) is 0 Å². The predicted molar refractivity (Wildman–Crippen MR) is 60.6 cm³/mol. The van der Waals surface area contributed by atoms with E-state index < -0.39 is 11.7 Å². The van der Waals surface area contributed by atoms with Crippen molar-refractivity contribution in [2.45, 2.75) is 32.0 Å². The number of alkyl halides is 3. The van der Waals surface area contributed by atoms with Gasteiger partial charge in [0.15, 0.2) is 0 Å². The fourth-order valence-electron chi connectivity index (χ4n) is 1.37. The van der Waals surface area contributed by atoms with E-state index in [-0.39, 0.29) is 6.04 Å². The molecular formula is C11H16F3N3. The van der Waals surface area contributed by atoms with Crippen LogP contribution in [0.15, 0.2) is 18.3 Å². The summed E-state index contributed by atoms with van der Waals surface area (Å²) in [7, 11) is 0. The van der Waals surface area contributed by atoms with E-state index in [4.69, 9.17) is 5.73 Å². The number of anilines is 1. The van der Waals surface area contributed by atoms with Crippen LogP contribution in [-0.4, -0.2) is 17.6 Å². The molecule has 0 aromatic carbocycles. The average Bonchev–Trinajstić information content (AvgIpc) is 2.26. The molecule has 0 saturated carbocycles. The topological polar surface area (TPSA) is 50.9 Å². The fourth-order valence-corrected chi connectivity index (χ4v) is 1.37. The van der Waals surface area contributed by atoms with Gasteiger partial charge in [0.25, 0.3) is 0 Å². The molecule has 0 aliphatic heterocycles. The number of halogens is 3. The van der Waals surface area contributed by atoms with Gasteiger partial charge in [0.2, 0.25) is 0 Å². The summed E-state index contributed by atoms with van der Waals surface area (Å²) in [6, 6.07) is 2.30. The maximum atomic E-state index is 12.3. The Morgan fingerprint density at radius 3 is 2.59 bits per heavy atom. The van der Waals surface area contributed by atoms with Gasteiger partial charge in [-0.15, -0.1) is 0 Å². The molecule has 96 valence electrons. The molecule has 1 aromatic heterocycles. The molecule has 1 unspecified atom stereocenters. The summed E-state index contributed by atoms with van der Waals surface area (Å²) in [6.45, 7) is 2.53. The summed E-state index contributed by atoms with van der Waals surface area (Å²) in [4.78, 5) is 3.69. The lowest BCUT2D eigenvalue weighted by Gasteiger charge is -2.12. The van der Waals surface area contributed by atoms with Crippen molar-refractivity contribution in [3.8, 4) is 0 Å². The molecule has 0 amide bonds. The number of nitrogens with two attached hydrogens (primary N) is 1. The molecule has 6 heteroatoms. The number of nitrogens with one attached hydrogen (secondary N) is 1. The first-order valence-corrected chi connectivity index (χ1v) is 5.46. The third-order valence-corrected chi connectivity index (χ3v) is 2.30. The van der Waals surface area contributed by atoms with E-state index in [0.29, 0.717) is 12.4 Å². The largest absolute Gasteiger partial charge is 0.417 e. The van der Waals surface area contributed by atoms with Crippen LogP contribution in [-0.2, 0) is 6.18 Å². The Morgan fingerprint density at radius 2 is 2.12 bits per heavy atom. The first kappa shape index (κ1) is 13.8. The second-order valence-electron chi connectivity index (χ2n) is 3.86. The van der Waals surface area contributed by atoms with Crippen LogP contribution in [0, 0.1) is 0 Å². The van der Waals surface area contributed by atoms with E-state index >= 15 is 0 Å². The normalized spacial score (nSPS) is 13.5. The molecule has 0 fully saturated rings. The van der Waals surface area contributed by atoms with E-state index in [1.54, 1.807) is 0 Å². The Balaban J connectivity index is 2.51. The summed E-state index contributed by atoms with van der Waals surface area (Å²) in [5, 5.41) is 2.90. The smallest absolute Gasteiger partial charge is 0.369 e. The number of pyridine rings is 1. The van der Waals surface area contributed by atoms with Gasteiger partial charge in [0, 0.05) is 18.8 Å². The number of hydrogen-bond donors (Lipinski definition) is 2. The molecule has 0 aliphatic carbocycles. The van der Waals surface area contributed by atoms with Gasteiger partial charge in [0.05, 0.1) is 5.56 Å². The molecule has 3 N–H and O–H groups in total. The van der Waals surface area contributed by atoms with Gasteiger partial charge in [-0.25, -0.2) is 4.98 Å². The van der Waals surface area contributed by atoms with Crippen LogP contribution < -0.4 is 11.1 Å². The van der Waals surface area contributed by atoms with Gasteiger partial charge >= 0.3 is 6.18 Å². The van der Waals surface area contributed by atoms with Crippen LogP contribution in [0.1, 0.15) is 25.3 Å². The maximum absolute atomic E-state index is 12.3. The zero-order chi connectivity index (χ0) is 12.9. The Morgan fingerprint density at radius 1 is 1.41 bits per heavy atom. The van der Waals surface area contributed by atoms with E-state index in [2.05, 4.69) is 10.3 Å². The molecule has 1 aromatic rings. The molecule has 0 aliphatic rings. The molecule has 0 radical (unpaired) electrons. The van der Waals surface area contributed by atoms with Crippen LogP contribution in [0.4, 0.5) is 19.0 Å². The zero-order valence-corrected chi connectivity index (χ0v) is 9.59. The standard InChI is InChI=1S/C11H16F3N3/c1-2-3-9(15)7-17-10-5-4-8(6-16-10)11(12,13)14/h4-6,9H,2-3,7,15H2,1H3,(H,16,17). The minimum atomic E-state index is -4.34. The number of aromatic nitrogens is 1. The Bertz CT molecular complexity index is 335. The van der Waals surface area contributed by atoms with Gasteiger partial charge in [-0.1, -0.05) is 13.3 Å². The lowest BCUT2D eigenvalue weighted by atomic mass is 10.2. The van der Waals surface area contributed by atoms with E-state index in [1.165, 1.54) is 6.07 Å². The third kappa shape index (κ3) is 4.60. The number of hydrogen-bond acceptors (Lipinski definition) is 3. The molecule has 17 heavy (non-hydrogen) atoms. The molecule has 0 spiro atoms. The second kappa shape index (κ2) is 5.86. The second-order valence-corrected chi connectivity index (χ2v) is 3.86. The SMILES string of the molecule is CCCC(N)CNc1ccc(C(F)(F)F)cn1. The van der Waals surface area contributed by atoms with Gasteiger partial charge in [0.1, 0.15) is 5.82 Å². The molecule has 0 bridgehead atoms. The van der Waals surface area contributed by atoms with Crippen molar-refractivity contribution in [1.29, 1.82) is 0 Å². The van der Waals surface area contributed by atoms with Crippen molar-refractivity contribution < 1.29 is 13.2 Å². The molecule has 1 atom stereocenters. The average molecular weight is 247 g/mol. The van der Waals surface area contributed by atoms with Crippen LogP contribution in [0.2, 0.25) is 0 Å². The molecule has 1 rings (SSSR count). The highest BCUT2D eigenvalue weighted by molar-refractivity contribution is 5.36. The first-order chi connectivity index (χ1) is 7.93. The van der Waals surface area contributed by atoms with Crippen molar-refractivity contribution in [2.24, 2.45) is 5.73 Å². The van der Waals surface area contributed by atoms with E-state index in [9.17, 15) is 13.2 Å². The highest BCUT2D eigenvalue weighted by Gasteiger charge is 2.30. The monoisotopic (exact) mass is 247 g/mol. The number of nitrogens with zero attached hydrogens (tertiary/aromatic N) is 1. The lowest BCUT2D eigenvalue weighted by molar-refractivity contribution is -0.137. The van der Waals surface area contributed by atoms with E-state index in [1.807, 2.05) is 6.92 Å². The van der Waals surface area contributed by atoms with Crippen molar-refractivity contribution in [3.05, 3.63) is 23.9 Å². The summed E-state index contributed by atoms with van der Waals surface area (Å²) in [5.74, 6) is 0.407. The molecular weight excluding hydrogens is 231 g/mol. The van der Waals surface area contributed by atoms with Crippen molar-refractivity contribution >= 4 is 5.82 Å². The highest BCUT2D eigenvalue weighted by atomic mass is 19.4. The van der Waals surface area contributed by atoms with Gasteiger partial charge in [-0.3, -0.25) is 0 Å². The molecule has 1 heterocycles. The molecule has 3 nitrogen and oxygen atoms in total. The van der Waals surface area contributed by atoms with Gasteiger partial charge < -0.3 is 11.1 Å². The maximum Gasteiger partial charge on any atom is 0.417 e. The van der Waals surface area contributed by atoms with Crippen LogP contribution in [0.3, 0.4) is 0 Å². The summed E-state index contributed by atoms with van der Waals surface area (Å²) < 4.78 is 36.8. The Labute approximate surface area is 98.2 Å². The summed E-state index contributed by atoms with van der Waals surface area (Å²) in [5.41, 5.74) is 5.01. The lowest BCUT2D eigenvalue weighted by Crippen LogP contribution is -2.28. The van der Waals surface area contributed by atoms with Crippen molar-refractivity contribution in [3.63, 3.8) is 0 Å². The molecule has 0 saturated heterocycles. The van der Waals surface area contributed by atoms with Crippen molar-refractivity contribution in [1.82, 2.24) is 4.98 Å². The van der Waals surface area contributed by atoms with E-state index in [0.717, 1.165) is 25.1 Å². The summed E-state index contributed by atoms with van der Waals surface area (Å²) in [6.07, 6.45) is -1.69. The fraction of sp³-hybridized carbons (Fsp3) is 0.545. The zero-order valence-electron chi connectivity index (χ0n) is 9.59. The number of rotatable bonds is 5. The Kier molecular flexibility index (Phi) is 4.74. The highest BCUT2D eigenvalue weighted by Crippen LogP contribution is 2.28.